The fraction of sp³-hybridized carbons (Fsp3) is 0. The third-order valence-electron chi connectivity index (χ3n) is 8.25. The number of nitrogens with zero attached hydrogens (tertiary/aromatic N) is 4. The third-order valence-corrected chi connectivity index (χ3v) is 8.25. The van der Waals surface area contributed by atoms with Gasteiger partial charge in [0.1, 0.15) is 11.2 Å². The molecule has 0 N–H and O–H groups in total. The zero-order chi connectivity index (χ0) is 29.0. The van der Waals surface area contributed by atoms with Gasteiger partial charge in [-0.2, -0.15) is 0 Å². The van der Waals surface area contributed by atoms with Crippen LogP contribution in [-0.2, 0) is 0 Å². The number of rotatable bonds is 4. The second kappa shape index (κ2) is 9.75. The van der Waals surface area contributed by atoms with E-state index in [0.717, 1.165) is 55.3 Å². The Morgan fingerprint density at radius 1 is 0.386 bits per heavy atom. The Kier molecular flexibility index (Phi) is 5.43. The lowest BCUT2D eigenvalue weighted by Gasteiger charge is -2.11. The molecule has 0 aliphatic rings. The largest absolute Gasteiger partial charge is 0.456 e. The van der Waals surface area contributed by atoms with E-state index in [2.05, 4.69) is 95.6 Å². The standard InChI is InChI=1S/C39H24N4O/c1-2-11-25(12-3-1)37-40-38(42-39(41-37)27-21-22-32-31-17-6-9-20-35(31)44-36(32)24-27)26-13-10-14-28(23-26)43-33-18-7-4-15-29(33)30-16-5-8-19-34(30)43/h1-24H. The molecule has 6 aromatic carbocycles. The second-order valence-electron chi connectivity index (χ2n) is 10.9. The normalized spacial score (nSPS) is 11.6. The van der Waals surface area contributed by atoms with Crippen molar-refractivity contribution in [3.63, 3.8) is 0 Å². The smallest absolute Gasteiger partial charge is 0.164 e. The molecule has 0 fully saturated rings. The van der Waals surface area contributed by atoms with Crippen molar-refractivity contribution in [1.82, 2.24) is 19.5 Å². The van der Waals surface area contributed by atoms with Gasteiger partial charge in [0, 0.05) is 43.9 Å². The molecule has 5 heteroatoms. The van der Waals surface area contributed by atoms with Crippen LogP contribution in [0, 0.1) is 0 Å². The van der Waals surface area contributed by atoms with Crippen LogP contribution in [0.2, 0.25) is 0 Å². The molecule has 0 amide bonds. The topological polar surface area (TPSA) is 56.7 Å². The van der Waals surface area contributed by atoms with Gasteiger partial charge in [-0.3, -0.25) is 0 Å². The summed E-state index contributed by atoms with van der Waals surface area (Å²) >= 11 is 0. The van der Waals surface area contributed by atoms with Crippen molar-refractivity contribution >= 4 is 43.7 Å². The van der Waals surface area contributed by atoms with Crippen LogP contribution < -0.4 is 0 Å². The molecule has 44 heavy (non-hydrogen) atoms. The van der Waals surface area contributed by atoms with Crippen molar-refractivity contribution < 1.29 is 4.42 Å². The Labute approximate surface area is 252 Å². The molecule has 0 aliphatic carbocycles. The van der Waals surface area contributed by atoms with Crippen molar-refractivity contribution in [1.29, 1.82) is 0 Å². The van der Waals surface area contributed by atoms with Gasteiger partial charge in [-0.15, -0.1) is 0 Å². The minimum Gasteiger partial charge on any atom is -0.456 e. The fourth-order valence-corrected chi connectivity index (χ4v) is 6.20. The molecular weight excluding hydrogens is 540 g/mol. The first kappa shape index (κ1) is 24.5. The molecule has 0 radical (unpaired) electrons. The molecule has 0 aliphatic heterocycles. The van der Waals surface area contributed by atoms with Crippen LogP contribution in [-0.4, -0.2) is 19.5 Å². The summed E-state index contributed by atoms with van der Waals surface area (Å²) in [6.07, 6.45) is 0. The molecule has 206 valence electrons. The van der Waals surface area contributed by atoms with Crippen molar-refractivity contribution in [3.8, 4) is 39.9 Å². The van der Waals surface area contributed by atoms with E-state index in [1.165, 1.54) is 10.8 Å². The van der Waals surface area contributed by atoms with Crippen LogP contribution in [0.5, 0.6) is 0 Å². The van der Waals surface area contributed by atoms with Crippen molar-refractivity contribution in [2.45, 2.75) is 0 Å². The molecule has 3 aromatic heterocycles. The summed E-state index contributed by atoms with van der Waals surface area (Å²) in [7, 11) is 0. The van der Waals surface area contributed by atoms with Crippen molar-refractivity contribution in [2.75, 3.05) is 0 Å². The Bertz CT molecular complexity index is 2460. The van der Waals surface area contributed by atoms with E-state index in [1.807, 2.05) is 54.6 Å². The van der Waals surface area contributed by atoms with Crippen molar-refractivity contribution in [3.05, 3.63) is 146 Å². The lowest BCUT2D eigenvalue weighted by molar-refractivity contribution is 0.669. The zero-order valence-corrected chi connectivity index (χ0v) is 23.6. The number of hydrogen-bond acceptors (Lipinski definition) is 4. The van der Waals surface area contributed by atoms with Gasteiger partial charge in [-0.25, -0.2) is 15.0 Å². The Balaban J connectivity index is 1.24. The number of para-hydroxylation sites is 3. The highest BCUT2D eigenvalue weighted by Gasteiger charge is 2.16. The predicted molar refractivity (Wildman–Crippen MR) is 178 cm³/mol. The molecule has 0 atom stereocenters. The van der Waals surface area contributed by atoms with Crippen molar-refractivity contribution in [2.24, 2.45) is 0 Å². The van der Waals surface area contributed by atoms with E-state index in [1.54, 1.807) is 0 Å². The lowest BCUT2D eigenvalue weighted by Crippen LogP contribution is -2.01. The Morgan fingerprint density at radius 2 is 0.932 bits per heavy atom. The van der Waals surface area contributed by atoms with E-state index < -0.39 is 0 Å². The van der Waals surface area contributed by atoms with E-state index in [4.69, 9.17) is 19.4 Å². The molecule has 9 aromatic rings. The van der Waals surface area contributed by atoms with Gasteiger partial charge in [0.25, 0.3) is 0 Å². The van der Waals surface area contributed by atoms with Crippen LogP contribution in [0.15, 0.2) is 150 Å². The summed E-state index contributed by atoms with van der Waals surface area (Å²) < 4.78 is 8.51. The van der Waals surface area contributed by atoms with Gasteiger partial charge in [0.15, 0.2) is 17.5 Å². The summed E-state index contributed by atoms with van der Waals surface area (Å²) in [5.74, 6) is 1.83. The van der Waals surface area contributed by atoms with Crippen LogP contribution in [0.1, 0.15) is 0 Å². The van der Waals surface area contributed by atoms with Gasteiger partial charge < -0.3 is 8.98 Å². The zero-order valence-electron chi connectivity index (χ0n) is 23.6. The van der Waals surface area contributed by atoms with Gasteiger partial charge in [-0.05, 0) is 42.5 Å². The molecule has 9 rings (SSSR count). The first-order chi connectivity index (χ1) is 21.8. The molecule has 0 saturated carbocycles. The summed E-state index contributed by atoms with van der Waals surface area (Å²) in [6, 6.07) is 49.8. The predicted octanol–water partition coefficient (Wildman–Crippen LogP) is 9.87. The average molecular weight is 565 g/mol. The molecular formula is C39H24N4O. The van der Waals surface area contributed by atoms with E-state index in [0.29, 0.717) is 17.5 Å². The van der Waals surface area contributed by atoms with E-state index in [-0.39, 0.29) is 0 Å². The van der Waals surface area contributed by atoms with Crippen LogP contribution in [0.4, 0.5) is 0 Å². The molecule has 5 nitrogen and oxygen atoms in total. The summed E-state index contributed by atoms with van der Waals surface area (Å²) in [6.45, 7) is 0. The average Bonchev–Trinajstić information content (AvgIpc) is 3.64. The first-order valence-corrected chi connectivity index (χ1v) is 14.6. The summed E-state index contributed by atoms with van der Waals surface area (Å²) in [5, 5.41) is 4.62. The number of furan rings is 1. The minimum atomic E-state index is 0.596. The van der Waals surface area contributed by atoms with Gasteiger partial charge >= 0.3 is 0 Å². The Morgan fingerprint density at radius 3 is 1.66 bits per heavy atom. The minimum absolute atomic E-state index is 0.596. The number of fused-ring (bicyclic) bond motifs is 6. The molecule has 3 heterocycles. The molecule has 0 spiro atoms. The quantitative estimate of drug-likeness (QED) is 0.213. The molecule has 0 saturated heterocycles. The van der Waals surface area contributed by atoms with Gasteiger partial charge in [-0.1, -0.05) is 103 Å². The highest BCUT2D eigenvalue weighted by molar-refractivity contribution is 6.09. The maximum atomic E-state index is 6.20. The summed E-state index contributed by atoms with van der Waals surface area (Å²) in [4.78, 5) is 15.0. The van der Waals surface area contributed by atoms with Crippen LogP contribution in [0.3, 0.4) is 0 Å². The number of hydrogen-bond donors (Lipinski definition) is 0. The highest BCUT2D eigenvalue weighted by Crippen LogP contribution is 2.35. The molecule has 0 bridgehead atoms. The van der Waals surface area contributed by atoms with E-state index >= 15 is 0 Å². The SMILES string of the molecule is c1ccc(-c2nc(-c3cccc(-n4c5ccccc5c5ccccc54)c3)nc(-c3ccc4c(c3)oc3ccccc34)n2)cc1. The molecule has 0 unspecified atom stereocenters. The Hall–Kier alpha value is -6.07. The maximum absolute atomic E-state index is 6.20. The fourth-order valence-electron chi connectivity index (χ4n) is 6.20. The van der Waals surface area contributed by atoms with Crippen LogP contribution >= 0.6 is 0 Å². The second-order valence-corrected chi connectivity index (χ2v) is 10.9. The number of benzene rings is 6. The monoisotopic (exact) mass is 564 g/mol. The summed E-state index contributed by atoms with van der Waals surface area (Å²) in [5.41, 5.74) is 7.75. The number of aromatic nitrogens is 4. The van der Waals surface area contributed by atoms with Crippen LogP contribution in [0.25, 0.3) is 83.6 Å². The lowest BCUT2D eigenvalue weighted by atomic mass is 10.1. The third kappa shape index (κ3) is 3.91. The van der Waals surface area contributed by atoms with Gasteiger partial charge in [0.2, 0.25) is 0 Å². The van der Waals surface area contributed by atoms with Gasteiger partial charge in [0.05, 0.1) is 11.0 Å². The highest BCUT2D eigenvalue weighted by atomic mass is 16.3. The maximum Gasteiger partial charge on any atom is 0.164 e. The van der Waals surface area contributed by atoms with E-state index in [9.17, 15) is 0 Å². The first-order valence-electron chi connectivity index (χ1n) is 14.6.